The minimum Gasteiger partial charge on any atom is -0.338 e. The first-order valence-electron chi connectivity index (χ1n) is 8.18. The van der Waals surface area contributed by atoms with Crippen molar-refractivity contribution in [3.05, 3.63) is 65.3 Å². The number of hydrogen-bond acceptors (Lipinski definition) is 7. The van der Waals surface area contributed by atoms with Crippen molar-refractivity contribution in [2.24, 2.45) is 0 Å². The van der Waals surface area contributed by atoms with Crippen LogP contribution in [0.15, 0.2) is 52.1 Å². The normalized spacial score (nSPS) is 11.1. The van der Waals surface area contributed by atoms with Gasteiger partial charge in [0, 0.05) is 5.56 Å². The topological polar surface area (TPSA) is 82.5 Å². The zero-order chi connectivity index (χ0) is 18.8. The molecule has 0 saturated heterocycles. The van der Waals surface area contributed by atoms with E-state index in [1.807, 2.05) is 32.0 Å². The fraction of sp³-hybridized carbons (Fsp3) is 0.167. The summed E-state index contributed by atoms with van der Waals surface area (Å²) in [5, 5.41) is 16.5. The quantitative estimate of drug-likeness (QED) is 0.486. The summed E-state index contributed by atoms with van der Waals surface area (Å²) < 4.78 is 20.0. The second kappa shape index (κ2) is 7.28. The van der Waals surface area contributed by atoms with E-state index in [9.17, 15) is 4.39 Å². The van der Waals surface area contributed by atoms with Crippen molar-refractivity contribution in [2.45, 2.75) is 24.8 Å². The van der Waals surface area contributed by atoms with Crippen LogP contribution in [0.3, 0.4) is 0 Å². The Hall–Kier alpha value is -3.07. The monoisotopic (exact) mass is 382 g/mol. The molecular weight excluding hydrogens is 367 g/mol. The van der Waals surface area contributed by atoms with Crippen LogP contribution in [0.25, 0.3) is 17.1 Å². The number of aryl methyl sites for hydroxylation is 1. The lowest BCUT2D eigenvalue weighted by Gasteiger charge is -2.08. The van der Waals surface area contributed by atoms with Crippen LogP contribution in [0.5, 0.6) is 0 Å². The molecule has 0 aliphatic carbocycles. The summed E-state index contributed by atoms with van der Waals surface area (Å²) in [6.45, 7) is 4.08. The maximum Gasteiger partial charge on any atom is 0.237 e. The smallest absolute Gasteiger partial charge is 0.237 e. The van der Waals surface area contributed by atoms with Crippen molar-refractivity contribution in [1.82, 2.24) is 30.3 Å². The SMILES string of the molecule is Cc1cccc(-n2nnnc2SCc2nc(-c3ccc(F)cc3)no2)c1C. The maximum atomic E-state index is 13.0. The van der Waals surface area contributed by atoms with Gasteiger partial charge in [0.2, 0.25) is 16.9 Å². The molecule has 0 saturated carbocycles. The Kier molecular flexibility index (Phi) is 4.68. The number of benzene rings is 2. The van der Waals surface area contributed by atoms with E-state index in [0.29, 0.717) is 28.2 Å². The molecule has 0 amide bonds. The summed E-state index contributed by atoms with van der Waals surface area (Å²) in [6, 6.07) is 11.9. The van der Waals surface area contributed by atoms with Crippen molar-refractivity contribution < 1.29 is 8.91 Å². The number of rotatable bonds is 5. The average Bonchev–Trinajstić information content (AvgIpc) is 3.32. The average molecular weight is 382 g/mol. The maximum absolute atomic E-state index is 13.0. The molecule has 0 atom stereocenters. The van der Waals surface area contributed by atoms with Crippen LogP contribution in [0.1, 0.15) is 17.0 Å². The minimum atomic E-state index is -0.309. The summed E-state index contributed by atoms with van der Waals surface area (Å²) >= 11 is 1.40. The molecule has 0 spiro atoms. The third kappa shape index (κ3) is 3.59. The molecule has 0 bridgehead atoms. The van der Waals surface area contributed by atoms with Crippen molar-refractivity contribution in [1.29, 1.82) is 0 Å². The van der Waals surface area contributed by atoms with Gasteiger partial charge in [-0.05, 0) is 65.7 Å². The Morgan fingerprint density at radius 3 is 2.74 bits per heavy atom. The Balaban J connectivity index is 1.51. The van der Waals surface area contributed by atoms with Crippen LogP contribution in [-0.2, 0) is 5.75 Å². The van der Waals surface area contributed by atoms with Gasteiger partial charge in [0.1, 0.15) is 5.82 Å². The molecule has 0 unspecified atom stereocenters. The first-order valence-corrected chi connectivity index (χ1v) is 9.16. The van der Waals surface area contributed by atoms with E-state index in [4.69, 9.17) is 4.52 Å². The second-order valence-corrected chi connectivity index (χ2v) is 6.84. The fourth-order valence-electron chi connectivity index (χ4n) is 2.54. The van der Waals surface area contributed by atoms with Gasteiger partial charge in [-0.25, -0.2) is 4.39 Å². The molecule has 2 aromatic heterocycles. The van der Waals surface area contributed by atoms with Crippen LogP contribution < -0.4 is 0 Å². The third-order valence-corrected chi connectivity index (χ3v) is 5.04. The van der Waals surface area contributed by atoms with Crippen LogP contribution in [-0.4, -0.2) is 30.3 Å². The van der Waals surface area contributed by atoms with Crippen LogP contribution in [0.2, 0.25) is 0 Å². The highest BCUT2D eigenvalue weighted by Gasteiger charge is 2.15. The van der Waals surface area contributed by atoms with Gasteiger partial charge < -0.3 is 4.52 Å². The predicted octanol–water partition coefficient (Wildman–Crippen LogP) is 3.76. The number of tetrazole rings is 1. The van der Waals surface area contributed by atoms with Gasteiger partial charge in [-0.15, -0.1) is 5.10 Å². The Morgan fingerprint density at radius 2 is 1.93 bits per heavy atom. The van der Waals surface area contributed by atoms with Crippen LogP contribution in [0.4, 0.5) is 4.39 Å². The van der Waals surface area contributed by atoms with Gasteiger partial charge in [0.25, 0.3) is 0 Å². The Labute approximate surface area is 158 Å². The van der Waals surface area contributed by atoms with Gasteiger partial charge in [-0.2, -0.15) is 9.67 Å². The number of nitrogens with zero attached hydrogens (tertiary/aromatic N) is 6. The summed E-state index contributed by atoms with van der Waals surface area (Å²) in [5.41, 5.74) is 3.90. The summed E-state index contributed by atoms with van der Waals surface area (Å²) in [7, 11) is 0. The summed E-state index contributed by atoms with van der Waals surface area (Å²) in [4.78, 5) is 4.34. The summed E-state index contributed by atoms with van der Waals surface area (Å²) in [6.07, 6.45) is 0. The predicted molar refractivity (Wildman–Crippen MR) is 97.9 cm³/mol. The third-order valence-electron chi connectivity index (χ3n) is 4.14. The largest absolute Gasteiger partial charge is 0.338 e. The minimum absolute atomic E-state index is 0.309. The number of halogens is 1. The standard InChI is InChI=1S/C18H15FN6OS/c1-11-4-3-5-15(12(11)2)25-18(21-23-24-25)27-10-16-20-17(22-26-16)13-6-8-14(19)9-7-13/h3-9H,10H2,1-2H3. The van der Waals surface area contributed by atoms with Crippen molar-refractivity contribution >= 4 is 11.8 Å². The molecule has 0 aliphatic rings. The molecule has 0 fully saturated rings. The van der Waals surface area contributed by atoms with E-state index in [1.54, 1.807) is 16.8 Å². The van der Waals surface area contributed by atoms with Crippen molar-refractivity contribution in [3.63, 3.8) is 0 Å². The Bertz CT molecular complexity index is 1080. The number of aromatic nitrogens is 6. The van der Waals surface area contributed by atoms with Crippen molar-refractivity contribution in [3.8, 4) is 17.1 Å². The molecule has 0 aliphatic heterocycles. The molecule has 0 radical (unpaired) electrons. The highest BCUT2D eigenvalue weighted by atomic mass is 32.2. The highest BCUT2D eigenvalue weighted by molar-refractivity contribution is 7.98. The molecule has 0 N–H and O–H groups in total. The first kappa shape index (κ1) is 17.3. The van der Waals surface area contributed by atoms with Gasteiger partial charge >= 0.3 is 0 Å². The zero-order valence-corrected chi connectivity index (χ0v) is 15.4. The molecule has 4 rings (SSSR count). The highest BCUT2D eigenvalue weighted by Crippen LogP contribution is 2.25. The van der Waals surface area contributed by atoms with Crippen LogP contribution in [0, 0.1) is 19.7 Å². The first-order chi connectivity index (χ1) is 13.1. The van der Waals surface area contributed by atoms with Gasteiger partial charge in [0.05, 0.1) is 11.4 Å². The molecule has 7 nitrogen and oxygen atoms in total. The lowest BCUT2D eigenvalue weighted by Crippen LogP contribution is -2.02. The number of thioether (sulfide) groups is 1. The van der Waals surface area contributed by atoms with E-state index in [0.717, 1.165) is 11.3 Å². The lowest BCUT2D eigenvalue weighted by atomic mass is 10.1. The van der Waals surface area contributed by atoms with E-state index in [-0.39, 0.29) is 5.82 Å². The molecule has 2 aromatic carbocycles. The van der Waals surface area contributed by atoms with Gasteiger partial charge in [0.15, 0.2) is 0 Å². The van der Waals surface area contributed by atoms with Crippen LogP contribution >= 0.6 is 11.8 Å². The fourth-order valence-corrected chi connectivity index (χ4v) is 3.26. The van der Waals surface area contributed by atoms with E-state index >= 15 is 0 Å². The van der Waals surface area contributed by atoms with Gasteiger partial charge in [-0.1, -0.05) is 29.1 Å². The van der Waals surface area contributed by atoms with E-state index in [1.165, 1.54) is 29.5 Å². The summed E-state index contributed by atoms with van der Waals surface area (Å²) in [5.74, 6) is 0.963. The van der Waals surface area contributed by atoms with Crippen molar-refractivity contribution in [2.75, 3.05) is 0 Å². The molecule has 27 heavy (non-hydrogen) atoms. The molecular formula is C18H15FN6OS. The molecule has 9 heteroatoms. The number of hydrogen-bond donors (Lipinski definition) is 0. The second-order valence-electron chi connectivity index (χ2n) is 5.90. The zero-order valence-electron chi connectivity index (χ0n) is 14.6. The molecule has 2 heterocycles. The van der Waals surface area contributed by atoms with E-state index < -0.39 is 0 Å². The van der Waals surface area contributed by atoms with Gasteiger partial charge in [-0.3, -0.25) is 0 Å². The molecule has 4 aromatic rings. The molecule has 136 valence electrons. The van der Waals surface area contributed by atoms with E-state index in [2.05, 4.69) is 25.7 Å². The lowest BCUT2D eigenvalue weighted by molar-refractivity contribution is 0.391. The Morgan fingerprint density at radius 1 is 1.11 bits per heavy atom.